The average molecular weight is 230 g/mol. The smallest absolute Gasteiger partial charge is 0.229 e. The summed E-state index contributed by atoms with van der Waals surface area (Å²) >= 11 is 0. The molecule has 0 unspecified atom stereocenters. The van der Waals surface area contributed by atoms with Crippen LogP contribution in [0.2, 0.25) is 0 Å². The number of anilines is 2. The standard InChI is InChI=1S/C12H14N4O/c1-16-11(5-6-14-16)15-12(17)8-9-3-2-4-10(13)7-9/h2-7H,8,13H2,1H3,(H,15,17). The number of nitrogens with zero attached hydrogens (tertiary/aromatic N) is 2. The molecule has 0 aliphatic heterocycles. The van der Waals surface area contributed by atoms with Crippen molar-refractivity contribution in [3.63, 3.8) is 0 Å². The predicted octanol–water partition coefficient (Wildman–Crippen LogP) is 1.18. The number of aryl methyl sites for hydroxylation is 1. The summed E-state index contributed by atoms with van der Waals surface area (Å²) < 4.78 is 1.61. The third-order valence-electron chi connectivity index (χ3n) is 2.40. The third kappa shape index (κ3) is 2.84. The van der Waals surface area contributed by atoms with E-state index in [0.717, 1.165) is 5.56 Å². The van der Waals surface area contributed by atoms with Gasteiger partial charge in [-0.2, -0.15) is 5.10 Å². The van der Waals surface area contributed by atoms with Gasteiger partial charge in [-0.05, 0) is 17.7 Å². The van der Waals surface area contributed by atoms with Crippen molar-refractivity contribution in [1.82, 2.24) is 9.78 Å². The summed E-state index contributed by atoms with van der Waals surface area (Å²) in [7, 11) is 1.77. The van der Waals surface area contributed by atoms with Crippen LogP contribution in [-0.2, 0) is 18.3 Å². The zero-order chi connectivity index (χ0) is 12.3. The second-order valence-corrected chi connectivity index (χ2v) is 3.81. The van der Waals surface area contributed by atoms with Crippen LogP contribution in [0.25, 0.3) is 0 Å². The monoisotopic (exact) mass is 230 g/mol. The van der Waals surface area contributed by atoms with Crippen LogP contribution in [0.1, 0.15) is 5.56 Å². The van der Waals surface area contributed by atoms with E-state index in [0.29, 0.717) is 17.9 Å². The second kappa shape index (κ2) is 4.69. The molecule has 1 aromatic heterocycles. The van der Waals surface area contributed by atoms with Gasteiger partial charge in [-0.1, -0.05) is 12.1 Å². The van der Waals surface area contributed by atoms with E-state index >= 15 is 0 Å². The number of hydrogen-bond acceptors (Lipinski definition) is 3. The average Bonchev–Trinajstić information content (AvgIpc) is 2.64. The first-order valence-corrected chi connectivity index (χ1v) is 5.27. The molecule has 0 aliphatic carbocycles. The summed E-state index contributed by atoms with van der Waals surface area (Å²) in [6.07, 6.45) is 1.94. The minimum absolute atomic E-state index is 0.0841. The van der Waals surface area contributed by atoms with Crippen LogP contribution < -0.4 is 11.1 Å². The highest BCUT2D eigenvalue weighted by atomic mass is 16.1. The molecule has 2 aromatic rings. The fourth-order valence-corrected chi connectivity index (χ4v) is 1.57. The fourth-order valence-electron chi connectivity index (χ4n) is 1.57. The maximum Gasteiger partial charge on any atom is 0.229 e. The van der Waals surface area contributed by atoms with E-state index < -0.39 is 0 Å². The van der Waals surface area contributed by atoms with Crippen LogP contribution in [0.3, 0.4) is 0 Å². The quantitative estimate of drug-likeness (QED) is 0.778. The van der Waals surface area contributed by atoms with Crippen molar-refractivity contribution in [3.05, 3.63) is 42.1 Å². The first kappa shape index (κ1) is 11.2. The van der Waals surface area contributed by atoms with Gasteiger partial charge in [-0.25, -0.2) is 0 Å². The normalized spacial score (nSPS) is 10.2. The summed E-state index contributed by atoms with van der Waals surface area (Å²) in [5.74, 6) is 0.595. The lowest BCUT2D eigenvalue weighted by Crippen LogP contribution is -2.16. The number of carbonyl (C=O) groups excluding carboxylic acids is 1. The molecule has 2 rings (SSSR count). The van der Waals surface area contributed by atoms with E-state index in [1.165, 1.54) is 0 Å². The van der Waals surface area contributed by atoms with Gasteiger partial charge in [0, 0.05) is 18.8 Å². The number of nitrogens with two attached hydrogens (primary N) is 1. The first-order valence-electron chi connectivity index (χ1n) is 5.27. The molecule has 88 valence electrons. The minimum atomic E-state index is -0.0841. The number of rotatable bonds is 3. The predicted molar refractivity (Wildman–Crippen MR) is 66.4 cm³/mol. The zero-order valence-corrected chi connectivity index (χ0v) is 9.55. The van der Waals surface area contributed by atoms with Crippen LogP contribution in [0, 0.1) is 0 Å². The molecule has 5 nitrogen and oxygen atoms in total. The van der Waals surface area contributed by atoms with Crippen molar-refractivity contribution in [2.45, 2.75) is 6.42 Å². The third-order valence-corrected chi connectivity index (χ3v) is 2.40. The maximum absolute atomic E-state index is 11.8. The molecule has 0 atom stereocenters. The largest absolute Gasteiger partial charge is 0.399 e. The lowest BCUT2D eigenvalue weighted by Gasteiger charge is -2.05. The van der Waals surface area contributed by atoms with Crippen LogP contribution in [0.4, 0.5) is 11.5 Å². The van der Waals surface area contributed by atoms with Gasteiger partial charge < -0.3 is 11.1 Å². The van der Waals surface area contributed by atoms with Crippen molar-refractivity contribution in [1.29, 1.82) is 0 Å². The molecule has 17 heavy (non-hydrogen) atoms. The van der Waals surface area contributed by atoms with Crippen molar-refractivity contribution in [2.24, 2.45) is 7.05 Å². The topological polar surface area (TPSA) is 72.9 Å². The molecule has 0 fully saturated rings. The number of aromatic nitrogens is 2. The van der Waals surface area contributed by atoms with Gasteiger partial charge in [0.1, 0.15) is 5.82 Å². The molecule has 0 spiro atoms. The highest BCUT2D eigenvalue weighted by molar-refractivity contribution is 5.91. The van der Waals surface area contributed by atoms with Gasteiger partial charge in [0.15, 0.2) is 0 Å². The molecular formula is C12H14N4O. The first-order chi connectivity index (χ1) is 8.15. The molecule has 5 heteroatoms. The van der Waals surface area contributed by atoms with Gasteiger partial charge >= 0.3 is 0 Å². The number of benzene rings is 1. The molecule has 1 aromatic carbocycles. The van der Waals surface area contributed by atoms with Crippen LogP contribution >= 0.6 is 0 Å². The summed E-state index contributed by atoms with van der Waals surface area (Å²) in [6, 6.07) is 9.05. The molecule has 0 radical (unpaired) electrons. The number of amides is 1. The SMILES string of the molecule is Cn1nccc1NC(=O)Cc1cccc(N)c1. The van der Waals surface area contributed by atoms with Gasteiger partial charge in [0.25, 0.3) is 0 Å². The molecular weight excluding hydrogens is 216 g/mol. The maximum atomic E-state index is 11.8. The van der Waals surface area contributed by atoms with Crippen LogP contribution in [0.5, 0.6) is 0 Å². The van der Waals surface area contributed by atoms with E-state index in [-0.39, 0.29) is 5.91 Å². The number of nitrogens with one attached hydrogen (secondary N) is 1. The van der Waals surface area contributed by atoms with E-state index in [1.54, 1.807) is 36.1 Å². The van der Waals surface area contributed by atoms with E-state index in [9.17, 15) is 4.79 Å². The molecule has 1 amide bonds. The summed E-state index contributed by atoms with van der Waals surface area (Å²) in [5, 5.41) is 6.75. The Bertz CT molecular complexity index is 533. The van der Waals surface area contributed by atoms with Gasteiger partial charge in [-0.15, -0.1) is 0 Å². The van der Waals surface area contributed by atoms with Crippen molar-refractivity contribution in [2.75, 3.05) is 11.1 Å². The van der Waals surface area contributed by atoms with Crippen molar-refractivity contribution >= 4 is 17.4 Å². The fraction of sp³-hybridized carbons (Fsp3) is 0.167. The summed E-state index contributed by atoms with van der Waals surface area (Å²) in [4.78, 5) is 11.8. The van der Waals surface area contributed by atoms with Crippen molar-refractivity contribution < 1.29 is 4.79 Å². The molecule has 0 saturated carbocycles. The number of hydrogen-bond donors (Lipinski definition) is 2. The minimum Gasteiger partial charge on any atom is -0.399 e. The lowest BCUT2D eigenvalue weighted by atomic mass is 10.1. The Labute approximate surface area is 99.2 Å². The van der Waals surface area contributed by atoms with Gasteiger partial charge in [0.2, 0.25) is 5.91 Å². The summed E-state index contributed by atoms with van der Waals surface area (Å²) in [5.41, 5.74) is 7.20. The van der Waals surface area contributed by atoms with E-state index in [2.05, 4.69) is 10.4 Å². The van der Waals surface area contributed by atoms with Gasteiger partial charge in [0.05, 0.1) is 12.6 Å². The molecule has 0 bridgehead atoms. The van der Waals surface area contributed by atoms with Crippen LogP contribution in [-0.4, -0.2) is 15.7 Å². The molecule has 3 N–H and O–H groups in total. The van der Waals surface area contributed by atoms with Crippen molar-refractivity contribution in [3.8, 4) is 0 Å². The zero-order valence-electron chi connectivity index (χ0n) is 9.55. The second-order valence-electron chi connectivity index (χ2n) is 3.81. The Morgan fingerprint density at radius 3 is 2.94 bits per heavy atom. The Morgan fingerprint density at radius 1 is 1.47 bits per heavy atom. The highest BCUT2D eigenvalue weighted by Gasteiger charge is 2.06. The Hall–Kier alpha value is -2.30. The Morgan fingerprint density at radius 2 is 2.29 bits per heavy atom. The number of carbonyl (C=O) groups is 1. The molecule has 1 heterocycles. The molecule has 0 saturated heterocycles. The molecule has 0 aliphatic rings. The van der Waals surface area contributed by atoms with E-state index in [1.807, 2.05) is 12.1 Å². The number of nitrogen functional groups attached to an aromatic ring is 1. The van der Waals surface area contributed by atoms with Crippen LogP contribution in [0.15, 0.2) is 36.5 Å². The van der Waals surface area contributed by atoms with E-state index in [4.69, 9.17) is 5.73 Å². The lowest BCUT2D eigenvalue weighted by molar-refractivity contribution is -0.115. The Kier molecular flexibility index (Phi) is 3.09. The van der Waals surface area contributed by atoms with Gasteiger partial charge in [-0.3, -0.25) is 9.48 Å². The summed E-state index contributed by atoms with van der Waals surface area (Å²) in [6.45, 7) is 0. The highest BCUT2D eigenvalue weighted by Crippen LogP contribution is 2.09. The Balaban J connectivity index is 2.01.